The van der Waals surface area contributed by atoms with Crippen LogP contribution in [0.2, 0.25) is 0 Å². The van der Waals surface area contributed by atoms with Gasteiger partial charge in [0.15, 0.2) is 0 Å². The van der Waals surface area contributed by atoms with E-state index in [0.29, 0.717) is 19.5 Å². The van der Waals surface area contributed by atoms with E-state index in [1.165, 1.54) is 6.92 Å². The van der Waals surface area contributed by atoms with Crippen molar-refractivity contribution < 1.29 is 14.3 Å². The number of rotatable bonds is 7. The Balaban J connectivity index is 2.24. The van der Waals surface area contributed by atoms with Crippen LogP contribution in [0.15, 0.2) is 36.4 Å². The fourth-order valence-electron chi connectivity index (χ4n) is 2.88. The van der Waals surface area contributed by atoms with Gasteiger partial charge in [-0.25, -0.2) is 0 Å². The number of nitrogens with zero attached hydrogens (tertiary/aromatic N) is 1. The number of hydrogen-bond donors (Lipinski definition) is 1. The molecule has 0 radical (unpaired) electrons. The van der Waals surface area contributed by atoms with Gasteiger partial charge in [0.25, 0.3) is 0 Å². The number of ether oxygens (including phenoxy) is 1. The second-order valence-corrected chi connectivity index (χ2v) is 6.32. The zero-order valence-electron chi connectivity index (χ0n) is 15.3. The second kappa shape index (κ2) is 8.51. The van der Waals surface area contributed by atoms with E-state index in [1.54, 1.807) is 7.11 Å². The molecule has 2 aromatic rings. The lowest BCUT2D eigenvalue weighted by molar-refractivity contribution is -0.133. The Morgan fingerprint density at radius 3 is 2.40 bits per heavy atom. The number of carbonyl (C=O) groups is 2. The molecule has 2 aromatic carbocycles. The fraction of sp³-hybridized carbons (Fsp3) is 0.400. The minimum Gasteiger partial charge on any atom is -0.496 e. The summed E-state index contributed by atoms with van der Waals surface area (Å²) in [5, 5.41) is 4.80. The highest BCUT2D eigenvalue weighted by Gasteiger charge is 2.18. The lowest BCUT2D eigenvalue weighted by Crippen LogP contribution is -2.38. The molecule has 0 saturated heterocycles. The molecule has 0 fully saturated rings. The zero-order chi connectivity index (χ0) is 18.4. The first-order chi connectivity index (χ1) is 11.9. The van der Waals surface area contributed by atoms with Crippen molar-refractivity contribution in [2.24, 2.45) is 0 Å². The van der Waals surface area contributed by atoms with Gasteiger partial charge < -0.3 is 15.0 Å². The minimum absolute atomic E-state index is 0.0312. The first-order valence-electron chi connectivity index (χ1n) is 8.52. The van der Waals surface area contributed by atoms with Gasteiger partial charge in [-0.2, -0.15) is 0 Å². The van der Waals surface area contributed by atoms with Gasteiger partial charge in [-0.05, 0) is 30.9 Å². The van der Waals surface area contributed by atoms with Crippen molar-refractivity contribution in [3.63, 3.8) is 0 Å². The number of carbonyl (C=O) groups excluding carboxylic acids is 2. The zero-order valence-corrected chi connectivity index (χ0v) is 15.3. The molecule has 0 bridgehead atoms. The molecule has 5 heteroatoms. The van der Waals surface area contributed by atoms with Gasteiger partial charge in [-0.1, -0.05) is 30.3 Å². The topological polar surface area (TPSA) is 58.6 Å². The van der Waals surface area contributed by atoms with Crippen molar-refractivity contribution >= 4 is 22.6 Å². The van der Waals surface area contributed by atoms with Gasteiger partial charge in [0.05, 0.1) is 7.11 Å². The Bertz CT molecular complexity index is 756. The van der Waals surface area contributed by atoms with Crippen LogP contribution in [0.25, 0.3) is 10.8 Å². The van der Waals surface area contributed by atoms with Crippen molar-refractivity contribution in [3.8, 4) is 5.75 Å². The van der Waals surface area contributed by atoms with Crippen LogP contribution in [0.4, 0.5) is 0 Å². The van der Waals surface area contributed by atoms with Crippen LogP contribution in [0.3, 0.4) is 0 Å². The molecule has 1 N–H and O–H groups in total. The van der Waals surface area contributed by atoms with E-state index in [1.807, 2.05) is 55.1 Å². The molecule has 2 rings (SSSR count). The molecular weight excluding hydrogens is 316 g/mol. The number of nitrogens with one attached hydrogen (secondary N) is 1. The molecule has 2 amide bonds. The van der Waals surface area contributed by atoms with E-state index in [0.717, 1.165) is 22.1 Å². The molecule has 0 spiro atoms. The summed E-state index contributed by atoms with van der Waals surface area (Å²) in [7, 11) is 1.66. The van der Waals surface area contributed by atoms with E-state index >= 15 is 0 Å². The Labute approximate surface area is 149 Å². The number of amides is 2. The average molecular weight is 342 g/mol. The summed E-state index contributed by atoms with van der Waals surface area (Å²) in [5.74, 6) is 0.737. The van der Waals surface area contributed by atoms with Gasteiger partial charge in [0, 0.05) is 37.9 Å². The lowest BCUT2D eigenvalue weighted by atomic mass is 10.0. The molecule has 0 atom stereocenters. The monoisotopic (exact) mass is 342 g/mol. The standard InChI is InChI=1S/C20H26N2O3/c1-14(2)22(20(24)11-12-21-15(3)23)13-16-9-10-19(25-4)18-8-6-5-7-17(16)18/h5-10,14H,11-13H2,1-4H3,(H,21,23). The highest BCUT2D eigenvalue weighted by Crippen LogP contribution is 2.29. The third kappa shape index (κ3) is 4.72. The quantitative estimate of drug-likeness (QED) is 0.841. The maximum absolute atomic E-state index is 12.6. The van der Waals surface area contributed by atoms with Crippen LogP contribution >= 0.6 is 0 Å². The number of hydrogen-bond acceptors (Lipinski definition) is 3. The van der Waals surface area contributed by atoms with Gasteiger partial charge in [-0.3, -0.25) is 9.59 Å². The normalized spacial score (nSPS) is 10.8. The van der Waals surface area contributed by atoms with Gasteiger partial charge in [0.2, 0.25) is 11.8 Å². The molecule has 0 saturated carbocycles. The molecule has 0 aromatic heterocycles. The summed E-state index contributed by atoms with van der Waals surface area (Å²) in [5.41, 5.74) is 1.08. The van der Waals surface area contributed by atoms with E-state index in [9.17, 15) is 9.59 Å². The van der Waals surface area contributed by atoms with Gasteiger partial charge in [-0.15, -0.1) is 0 Å². The lowest BCUT2D eigenvalue weighted by Gasteiger charge is -2.28. The van der Waals surface area contributed by atoms with Crippen molar-refractivity contribution in [2.75, 3.05) is 13.7 Å². The summed E-state index contributed by atoms with van der Waals surface area (Å²) < 4.78 is 5.44. The van der Waals surface area contributed by atoms with Crippen LogP contribution in [-0.4, -0.2) is 36.4 Å². The van der Waals surface area contributed by atoms with Gasteiger partial charge >= 0.3 is 0 Å². The second-order valence-electron chi connectivity index (χ2n) is 6.32. The predicted octanol–water partition coefficient (Wildman–Crippen LogP) is 3.11. The maximum Gasteiger partial charge on any atom is 0.224 e. The first-order valence-corrected chi connectivity index (χ1v) is 8.52. The summed E-state index contributed by atoms with van der Waals surface area (Å²) >= 11 is 0. The molecule has 0 aliphatic rings. The SMILES string of the molecule is COc1ccc(CN(C(=O)CCNC(C)=O)C(C)C)c2ccccc12. The first kappa shape index (κ1) is 18.8. The third-order valence-electron chi connectivity index (χ3n) is 4.19. The molecule has 5 nitrogen and oxygen atoms in total. The van der Waals surface area contributed by atoms with Crippen LogP contribution in [0.5, 0.6) is 5.75 Å². The summed E-state index contributed by atoms with van der Waals surface area (Å²) in [6.07, 6.45) is 0.297. The average Bonchev–Trinajstić information content (AvgIpc) is 2.58. The molecule has 0 heterocycles. The number of methoxy groups -OCH3 is 1. The van der Waals surface area contributed by atoms with E-state index in [4.69, 9.17) is 4.74 Å². The van der Waals surface area contributed by atoms with Crippen molar-refractivity contribution in [1.29, 1.82) is 0 Å². The molecule has 0 aliphatic heterocycles. The van der Waals surface area contributed by atoms with Crippen LogP contribution in [0.1, 0.15) is 32.8 Å². The predicted molar refractivity (Wildman–Crippen MR) is 99.5 cm³/mol. The highest BCUT2D eigenvalue weighted by atomic mass is 16.5. The van der Waals surface area contributed by atoms with Crippen LogP contribution in [-0.2, 0) is 16.1 Å². The van der Waals surface area contributed by atoms with Crippen LogP contribution < -0.4 is 10.1 Å². The summed E-state index contributed by atoms with van der Waals surface area (Å²) in [4.78, 5) is 25.4. The Morgan fingerprint density at radius 2 is 1.80 bits per heavy atom. The van der Waals surface area contributed by atoms with Crippen LogP contribution in [0, 0.1) is 0 Å². The Kier molecular flexibility index (Phi) is 6.39. The molecule has 0 unspecified atom stereocenters. The van der Waals surface area contributed by atoms with E-state index in [2.05, 4.69) is 5.32 Å². The van der Waals surface area contributed by atoms with E-state index < -0.39 is 0 Å². The molecule has 0 aliphatic carbocycles. The highest BCUT2D eigenvalue weighted by molar-refractivity contribution is 5.91. The fourth-order valence-corrected chi connectivity index (χ4v) is 2.88. The molecular formula is C20H26N2O3. The van der Waals surface area contributed by atoms with Crippen molar-refractivity contribution in [1.82, 2.24) is 10.2 Å². The summed E-state index contributed by atoms with van der Waals surface area (Å²) in [6, 6.07) is 12.1. The third-order valence-corrected chi connectivity index (χ3v) is 4.19. The Hall–Kier alpha value is -2.56. The van der Waals surface area contributed by atoms with Crippen molar-refractivity contribution in [3.05, 3.63) is 42.0 Å². The summed E-state index contributed by atoms with van der Waals surface area (Å²) in [6.45, 7) is 6.35. The van der Waals surface area contributed by atoms with E-state index in [-0.39, 0.29) is 17.9 Å². The number of fused-ring (bicyclic) bond motifs is 1. The molecule has 25 heavy (non-hydrogen) atoms. The maximum atomic E-state index is 12.6. The largest absolute Gasteiger partial charge is 0.496 e. The minimum atomic E-state index is -0.120. The van der Waals surface area contributed by atoms with Gasteiger partial charge in [0.1, 0.15) is 5.75 Å². The van der Waals surface area contributed by atoms with Crippen molar-refractivity contribution in [2.45, 2.75) is 39.8 Å². The number of benzene rings is 2. The smallest absolute Gasteiger partial charge is 0.224 e. The molecule has 134 valence electrons. The Morgan fingerprint density at radius 1 is 1.12 bits per heavy atom.